The van der Waals surface area contributed by atoms with Gasteiger partial charge in [0.25, 0.3) is 11.8 Å². The largest absolute Gasteiger partial charge is 0.378 e. The predicted molar refractivity (Wildman–Crippen MR) is 137 cm³/mol. The van der Waals surface area contributed by atoms with Gasteiger partial charge in [-0.05, 0) is 60.6 Å². The van der Waals surface area contributed by atoms with Gasteiger partial charge in [0.15, 0.2) is 0 Å². The van der Waals surface area contributed by atoms with Crippen molar-refractivity contribution in [2.24, 2.45) is 5.41 Å². The number of amides is 2. The van der Waals surface area contributed by atoms with E-state index < -0.39 is 0 Å². The number of rotatable bonds is 4. The molecule has 0 spiro atoms. The molecule has 1 atom stereocenters. The topological polar surface area (TPSA) is 78.5 Å². The molecule has 3 heterocycles. The van der Waals surface area contributed by atoms with Crippen LogP contribution in [-0.2, 0) is 24.1 Å². The summed E-state index contributed by atoms with van der Waals surface area (Å²) in [6.45, 7) is 9.60. The number of hydrogen-bond donors (Lipinski definition) is 1. The fourth-order valence-corrected chi connectivity index (χ4v) is 5.83. The van der Waals surface area contributed by atoms with Gasteiger partial charge < -0.3 is 14.5 Å². The highest BCUT2D eigenvalue weighted by Crippen LogP contribution is 2.41. The van der Waals surface area contributed by atoms with Crippen molar-refractivity contribution in [3.05, 3.63) is 76.0 Å². The number of nitrogens with zero attached hydrogens (tertiary/aromatic N) is 3. The SMILES string of the molecule is CC(c1ccc(C(=O)N2CCOCC2)cc1)N1Cc2cc(-c3n[nH]c4c3CC(C)(C)C4)ccc2C1=O. The van der Waals surface area contributed by atoms with E-state index in [0.717, 1.165) is 40.8 Å². The zero-order chi connectivity index (χ0) is 25.0. The van der Waals surface area contributed by atoms with Crippen LogP contribution in [0.1, 0.15) is 69.9 Å². The van der Waals surface area contributed by atoms with E-state index in [-0.39, 0.29) is 23.3 Å². The average Bonchev–Trinajstić information content (AvgIpc) is 3.52. The second kappa shape index (κ2) is 8.59. The van der Waals surface area contributed by atoms with E-state index in [2.05, 4.69) is 30.1 Å². The third kappa shape index (κ3) is 3.91. The standard InChI is InChI=1S/C29H32N4O3/c1-18(19-4-6-20(7-5-19)27(34)32-10-12-36-13-11-32)33-17-22-14-21(8-9-23(22)28(33)35)26-24-15-29(2,3)16-25(24)30-31-26/h4-9,14,18H,10-13,15-17H2,1-3H3,(H,30,31). The molecule has 2 aliphatic heterocycles. The van der Waals surface area contributed by atoms with Crippen molar-refractivity contribution in [3.8, 4) is 11.3 Å². The predicted octanol–water partition coefficient (Wildman–Crippen LogP) is 4.39. The van der Waals surface area contributed by atoms with E-state index in [0.29, 0.717) is 38.4 Å². The summed E-state index contributed by atoms with van der Waals surface area (Å²) in [4.78, 5) is 29.8. The van der Waals surface area contributed by atoms with Crippen molar-refractivity contribution in [2.45, 2.75) is 46.2 Å². The Hall–Kier alpha value is -3.45. The minimum absolute atomic E-state index is 0.0305. The number of hydrogen-bond acceptors (Lipinski definition) is 4. The first-order valence-corrected chi connectivity index (χ1v) is 12.8. The van der Waals surface area contributed by atoms with Crippen LogP contribution in [0.4, 0.5) is 0 Å². The van der Waals surface area contributed by atoms with E-state index in [9.17, 15) is 9.59 Å². The van der Waals surface area contributed by atoms with E-state index >= 15 is 0 Å². The molecule has 1 aromatic heterocycles. The van der Waals surface area contributed by atoms with Gasteiger partial charge in [0, 0.05) is 47.6 Å². The maximum Gasteiger partial charge on any atom is 0.255 e. The zero-order valence-electron chi connectivity index (χ0n) is 21.1. The Kier molecular flexibility index (Phi) is 5.48. The molecular weight excluding hydrogens is 452 g/mol. The van der Waals surface area contributed by atoms with Gasteiger partial charge >= 0.3 is 0 Å². The minimum atomic E-state index is -0.101. The normalized spacial score (nSPS) is 19.4. The van der Waals surface area contributed by atoms with E-state index in [1.54, 1.807) is 0 Å². The van der Waals surface area contributed by atoms with Crippen molar-refractivity contribution in [3.63, 3.8) is 0 Å². The Balaban J connectivity index is 1.19. The van der Waals surface area contributed by atoms with E-state index in [4.69, 9.17) is 4.74 Å². The Labute approximate surface area is 211 Å². The molecule has 0 saturated carbocycles. The lowest BCUT2D eigenvalue weighted by Gasteiger charge is -2.27. The summed E-state index contributed by atoms with van der Waals surface area (Å²) in [6, 6.07) is 13.7. The van der Waals surface area contributed by atoms with Crippen LogP contribution < -0.4 is 0 Å². The van der Waals surface area contributed by atoms with E-state index in [1.165, 1.54) is 11.3 Å². The van der Waals surface area contributed by atoms with Crippen LogP contribution in [0.3, 0.4) is 0 Å². The van der Waals surface area contributed by atoms with E-state index in [1.807, 2.05) is 53.1 Å². The quantitative estimate of drug-likeness (QED) is 0.596. The summed E-state index contributed by atoms with van der Waals surface area (Å²) in [7, 11) is 0. The molecular formula is C29H32N4O3. The average molecular weight is 485 g/mol. The van der Waals surface area contributed by atoms with Gasteiger partial charge in [-0.3, -0.25) is 14.7 Å². The first-order chi connectivity index (χ1) is 17.3. The molecule has 36 heavy (non-hydrogen) atoms. The molecule has 1 N–H and O–H groups in total. The van der Waals surface area contributed by atoms with Gasteiger partial charge in [0.05, 0.1) is 24.9 Å². The molecule has 7 heteroatoms. The third-order valence-electron chi connectivity index (χ3n) is 7.88. The number of fused-ring (bicyclic) bond motifs is 2. The lowest BCUT2D eigenvalue weighted by atomic mass is 9.90. The molecule has 0 bridgehead atoms. The Morgan fingerprint density at radius 1 is 1.08 bits per heavy atom. The Morgan fingerprint density at radius 2 is 1.83 bits per heavy atom. The fourth-order valence-electron chi connectivity index (χ4n) is 5.83. The van der Waals surface area contributed by atoms with Gasteiger partial charge in [0.1, 0.15) is 0 Å². The van der Waals surface area contributed by atoms with Gasteiger partial charge in [-0.25, -0.2) is 0 Å². The number of ether oxygens (including phenoxy) is 1. The van der Waals surface area contributed by atoms with Crippen LogP contribution >= 0.6 is 0 Å². The molecule has 7 nitrogen and oxygen atoms in total. The highest BCUT2D eigenvalue weighted by Gasteiger charge is 2.35. The molecule has 6 rings (SSSR count). The molecule has 1 saturated heterocycles. The smallest absolute Gasteiger partial charge is 0.255 e. The minimum Gasteiger partial charge on any atom is -0.378 e. The van der Waals surface area contributed by atoms with Gasteiger partial charge in [-0.15, -0.1) is 0 Å². The summed E-state index contributed by atoms with van der Waals surface area (Å²) in [5.74, 6) is 0.0776. The van der Waals surface area contributed by atoms with Crippen LogP contribution in [0.15, 0.2) is 42.5 Å². The molecule has 3 aliphatic rings. The summed E-state index contributed by atoms with van der Waals surface area (Å²) in [5, 5.41) is 7.85. The number of morpholine rings is 1. The lowest BCUT2D eigenvalue weighted by molar-refractivity contribution is 0.0303. The number of aromatic nitrogens is 2. The van der Waals surface area contributed by atoms with Crippen molar-refractivity contribution < 1.29 is 14.3 Å². The molecule has 0 radical (unpaired) electrons. The molecule has 2 aromatic carbocycles. The monoisotopic (exact) mass is 484 g/mol. The third-order valence-corrected chi connectivity index (χ3v) is 7.88. The molecule has 1 aliphatic carbocycles. The second-order valence-corrected chi connectivity index (χ2v) is 11.1. The number of benzene rings is 2. The Morgan fingerprint density at radius 3 is 2.58 bits per heavy atom. The number of nitrogens with one attached hydrogen (secondary N) is 1. The van der Waals surface area contributed by atoms with Gasteiger partial charge in [0.2, 0.25) is 0 Å². The van der Waals surface area contributed by atoms with Gasteiger partial charge in [-0.2, -0.15) is 5.10 Å². The summed E-state index contributed by atoms with van der Waals surface area (Å²) < 4.78 is 5.35. The maximum absolute atomic E-state index is 13.3. The van der Waals surface area contributed by atoms with Crippen LogP contribution in [-0.4, -0.2) is 58.1 Å². The van der Waals surface area contributed by atoms with Gasteiger partial charge in [-0.1, -0.05) is 32.0 Å². The maximum atomic E-state index is 13.3. The zero-order valence-corrected chi connectivity index (χ0v) is 21.1. The molecule has 1 unspecified atom stereocenters. The fraction of sp³-hybridized carbons (Fsp3) is 0.414. The first-order valence-electron chi connectivity index (χ1n) is 12.8. The highest BCUT2D eigenvalue weighted by molar-refractivity contribution is 5.99. The molecule has 186 valence electrons. The van der Waals surface area contributed by atoms with Crippen molar-refractivity contribution >= 4 is 11.8 Å². The summed E-state index contributed by atoms with van der Waals surface area (Å²) >= 11 is 0. The first kappa shape index (κ1) is 23.0. The van der Waals surface area contributed by atoms with Crippen molar-refractivity contribution in [1.82, 2.24) is 20.0 Å². The van der Waals surface area contributed by atoms with Crippen molar-refractivity contribution in [1.29, 1.82) is 0 Å². The molecule has 1 fully saturated rings. The number of H-pyrrole nitrogens is 1. The van der Waals surface area contributed by atoms with Crippen LogP contribution in [0.2, 0.25) is 0 Å². The summed E-state index contributed by atoms with van der Waals surface area (Å²) in [5.41, 5.74) is 8.36. The highest BCUT2D eigenvalue weighted by atomic mass is 16.5. The second-order valence-electron chi connectivity index (χ2n) is 11.1. The summed E-state index contributed by atoms with van der Waals surface area (Å²) in [6.07, 6.45) is 2.03. The number of carbonyl (C=O) groups is 2. The van der Waals surface area contributed by atoms with Crippen molar-refractivity contribution in [2.75, 3.05) is 26.3 Å². The number of aromatic amines is 1. The molecule has 3 aromatic rings. The Bertz CT molecular complexity index is 1340. The molecule has 2 amide bonds. The number of carbonyl (C=O) groups excluding carboxylic acids is 2. The van der Waals surface area contributed by atoms with Crippen LogP contribution in [0.25, 0.3) is 11.3 Å². The lowest BCUT2D eigenvalue weighted by Crippen LogP contribution is -2.40. The van der Waals surface area contributed by atoms with Crippen LogP contribution in [0, 0.1) is 5.41 Å². The van der Waals surface area contributed by atoms with Crippen LogP contribution in [0.5, 0.6) is 0 Å².